The molecule has 0 radical (unpaired) electrons. The van der Waals surface area contributed by atoms with Crippen molar-refractivity contribution in [1.29, 1.82) is 0 Å². The third-order valence-corrected chi connectivity index (χ3v) is 2.73. The molecule has 11 heavy (non-hydrogen) atoms. The summed E-state index contributed by atoms with van der Waals surface area (Å²) in [5.74, 6) is 0.966. The molecule has 1 atom stereocenters. The Kier molecular flexibility index (Phi) is 1.82. The Bertz CT molecular complexity index is 264. The zero-order valence-electron chi connectivity index (χ0n) is 5.96. The molecule has 0 bridgehead atoms. The van der Waals surface area contributed by atoms with E-state index in [1.54, 1.807) is 6.20 Å². The molecule has 3 heteroatoms. The lowest BCUT2D eigenvalue weighted by Crippen LogP contribution is -2.10. The minimum Gasteiger partial charge on any atom is -0.493 e. The summed E-state index contributed by atoms with van der Waals surface area (Å²) in [5.41, 5.74) is 1.17. The van der Waals surface area contributed by atoms with Gasteiger partial charge in [0.05, 0.1) is 6.61 Å². The number of ether oxygens (including phenoxy) is 1. The number of alkyl halides is 1. The molecule has 0 fully saturated rings. The van der Waals surface area contributed by atoms with Crippen molar-refractivity contribution in [2.24, 2.45) is 0 Å². The number of hydrogen-bond donors (Lipinski definition) is 0. The first-order valence-electron chi connectivity index (χ1n) is 3.59. The fourth-order valence-electron chi connectivity index (χ4n) is 1.19. The highest BCUT2D eigenvalue weighted by Crippen LogP contribution is 2.36. The molecule has 0 aromatic carbocycles. The van der Waals surface area contributed by atoms with E-state index in [2.05, 4.69) is 20.9 Å². The standard InChI is InChI=1S/C8H8BrNO/c9-7-2-4-11-8-1-3-10-5-6(7)8/h1,3,5,7H,2,4H2. The molecular weight excluding hydrogens is 206 g/mol. The molecule has 1 unspecified atom stereocenters. The number of nitrogens with zero attached hydrogens (tertiary/aromatic N) is 1. The fraction of sp³-hybridized carbons (Fsp3) is 0.375. The van der Waals surface area contributed by atoms with Crippen LogP contribution in [-0.4, -0.2) is 11.6 Å². The van der Waals surface area contributed by atoms with Crippen molar-refractivity contribution in [3.05, 3.63) is 24.0 Å². The van der Waals surface area contributed by atoms with Crippen LogP contribution in [0.1, 0.15) is 16.8 Å². The van der Waals surface area contributed by atoms with E-state index in [0.717, 1.165) is 18.8 Å². The van der Waals surface area contributed by atoms with E-state index in [9.17, 15) is 0 Å². The van der Waals surface area contributed by atoms with Gasteiger partial charge < -0.3 is 4.74 Å². The number of pyridine rings is 1. The number of aromatic nitrogens is 1. The zero-order valence-corrected chi connectivity index (χ0v) is 7.54. The first kappa shape index (κ1) is 7.10. The molecule has 1 aliphatic heterocycles. The van der Waals surface area contributed by atoms with Crippen molar-refractivity contribution in [2.45, 2.75) is 11.2 Å². The van der Waals surface area contributed by atoms with Gasteiger partial charge in [0.2, 0.25) is 0 Å². The van der Waals surface area contributed by atoms with Crippen molar-refractivity contribution in [3.63, 3.8) is 0 Å². The van der Waals surface area contributed by atoms with Gasteiger partial charge in [-0.1, -0.05) is 15.9 Å². The van der Waals surface area contributed by atoms with Crippen molar-refractivity contribution >= 4 is 15.9 Å². The van der Waals surface area contributed by atoms with Crippen LogP contribution in [0.4, 0.5) is 0 Å². The SMILES string of the molecule is BrC1CCOc2ccncc21. The van der Waals surface area contributed by atoms with E-state index < -0.39 is 0 Å². The molecule has 1 aromatic heterocycles. The number of halogens is 1. The number of rotatable bonds is 0. The van der Waals surface area contributed by atoms with Gasteiger partial charge >= 0.3 is 0 Å². The van der Waals surface area contributed by atoms with Crippen molar-refractivity contribution in [2.75, 3.05) is 6.61 Å². The summed E-state index contributed by atoms with van der Waals surface area (Å²) in [6.07, 6.45) is 4.64. The molecule has 0 aliphatic carbocycles. The van der Waals surface area contributed by atoms with E-state index in [1.807, 2.05) is 12.3 Å². The summed E-state index contributed by atoms with van der Waals surface area (Å²) < 4.78 is 5.42. The average molecular weight is 214 g/mol. The van der Waals surface area contributed by atoms with Crippen LogP contribution in [0.15, 0.2) is 18.5 Å². The summed E-state index contributed by atoms with van der Waals surface area (Å²) in [7, 11) is 0. The normalized spacial score (nSPS) is 22.1. The number of hydrogen-bond acceptors (Lipinski definition) is 2. The van der Waals surface area contributed by atoms with E-state index in [0.29, 0.717) is 4.83 Å². The molecule has 0 N–H and O–H groups in total. The average Bonchev–Trinajstić information content (AvgIpc) is 2.06. The molecule has 0 spiro atoms. The van der Waals surface area contributed by atoms with Gasteiger partial charge in [0.15, 0.2) is 0 Å². The molecule has 1 aliphatic rings. The molecule has 0 saturated carbocycles. The summed E-state index contributed by atoms with van der Waals surface area (Å²) in [4.78, 5) is 4.46. The van der Waals surface area contributed by atoms with E-state index >= 15 is 0 Å². The van der Waals surface area contributed by atoms with E-state index in [-0.39, 0.29) is 0 Å². The van der Waals surface area contributed by atoms with Crippen LogP contribution in [-0.2, 0) is 0 Å². The van der Waals surface area contributed by atoms with Gasteiger partial charge in [-0.2, -0.15) is 0 Å². The van der Waals surface area contributed by atoms with Crippen LogP contribution in [0.25, 0.3) is 0 Å². The van der Waals surface area contributed by atoms with Gasteiger partial charge in [-0.25, -0.2) is 0 Å². The monoisotopic (exact) mass is 213 g/mol. The minimum absolute atomic E-state index is 0.417. The zero-order chi connectivity index (χ0) is 7.68. The second-order valence-corrected chi connectivity index (χ2v) is 3.62. The summed E-state index contributed by atoms with van der Waals surface area (Å²) in [6, 6.07) is 1.91. The van der Waals surface area contributed by atoms with Gasteiger partial charge in [0, 0.05) is 22.8 Å². The molecule has 1 aromatic rings. The highest BCUT2D eigenvalue weighted by molar-refractivity contribution is 9.09. The van der Waals surface area contributed by atoms with Crippen LogP contribution in [0.5, 0.6) is 5.75 Å². The largest absolute Gasteiger partial charge is 0.493 e. The van der Waals surface area contributed by atoms with Crippen molar-refractivity contribution in [1.82, 2.24) is 4.98 Å². The summed E-state index contributed by atoms with van der Waals surface area (Å²) in [6.45, 7) is 0.799. The van der Waals surface area contributed by atoms with Crippen LogP contribution in [0, 0.1) is 0 Å². The maximum Gasteiger partial charge on any atom is 0.126 e. The van der Waals surface area contributed by atoms with Gasteiger partial charge in [-0.3, -0.25) is 4.98 Å². The lowest BCUT2D eigenvalue weighted by atomic mass is 10.1. The fourth-order valence-corrected chi connectivity index (χ4v) is 1.72. The van der Waals surface area contributed by atoms with E-state index in [4.69, 9.17) is 4.74 Å². The molecule has 2 heterocycles. The topological polar surface area (TPSA) is 22.1 Å². The first-order valence-corrected chi connectivity index (χ1v) is 4.50. The lowest BCUT2D eigenvalue weighted by molar-refractivity contribution is 0.287. The van der Waals surface area contributed by atoms with Gasteiger partial charge in [0.1, 0.15) is 5.75 Å². The predicted octanol–water partition coefficient (Wildman–Crippen LogP) is 2.30. The van der Waals surface area contributed by atoms with Gasteiger partial charge in [-0.15, -0.1) is 0 Å². The Hall–Kier alpha value is -0.570. The Morgan fingerprint density at radius 1 is 1.64 bits per heavy atom. The van der Waals surface area contributed by atoms with Gasteiger partial charge in [-0.05, 0) is 12.5 Å². The first-order chi connectivity index (χ1) is 5.38. The smallest absolute Gasteiger partial charge is 0.126 e. The molecule has 2 rings (SSSR count). The van der Waals surface area contributed by atoms with Crippen molar-refractivity contribution < 1.29 is 4.74 Å². The maximum atomic E-state index is 5.42. The van der Waals surface area contributed by atoms with E-state index in [1.165, 1.54) is 5.56 Å². The van der Waals surface area contributed by atoms with Crippen LogP contribution in [0.2, 0.25) is 0 Å². The molecule has 0 amide bonds. The van der Waals surface area contributed by atoms with Crippen molar-refractivity contribution in [3.8, 4) is 5.75 Å². The molecule has 2 nitrogen and oxygen atoms in total. The van der Waals surface area contributed by atoms with Crippen LogP contribution < -0.4 is 4.74 Å². The highest BCUT2D eigenvalue weighted by Gasteiger charge is 2.17. The summed E-state index contributed by atoms with van der Waals surface area (Å²) in [5, 5.41) is 0. The van der Waals surface area contributed by atoms with Crippen LogP contribution >= 0.6 is 15.9 Å². The lowest BCUT2D eigenvalue weighted by Gasteiger charge is -2.20. The molecular formula is C8H8BrNO. The quantitative estimate of drug-likeness (QED) is 0.618. The Balaban J connectivity index is 2.44. The summed E-state index contributed by atoms with van der Waals surface area (Å²) >= 11 is 3.57. The van der Waals surface area contributed by atoms with Gasteiger partial charge in [0.25, 0.3) is 0 Å². The second-order valence-electron chi connectivity index (χ2n) is 2.52. The van der Waals surface area contributed by atoms with Crippen LogP contribution in [0.3, 0.4) is 0 Å². The Morgan fingerprint density at radius 3 is 3.36 bits per heavy atom. The Labute approximate surface area is 73.7 Å². The minimum atomic E-state index is 0.417. The molecule has 58 valence electrons. The number of fused-ring (bicyclic) bond motifs is 1. The third kappa shape index (κ3) is 1.25. The second kappa shape index (κ2) is 2.81. The molecule has 0 saturated heterocycles. The highest BCUT2D eigenvalue weighted by atomic mass is 79.9. The maximum absolute atomic E-state index is 5.42. The predicted molar refractivity (Wildman–Crippen MR) is 46.0 cm³/mol. The Morgan fingerprint density at radius 2 is 2.55 bits per heavy atom. The third-order valence-electron chi connectivity index (χ3n) is 1.78.